The number of nitrogens with two attached hydrogens (primary N) is 1. The Labute approximate surface area is 121 Å². The fourth-order valence-corrected chi connectivity index (χ4v) is 2.98. The molecular weight excluding hydrogens is 244 g/mol. The van der Waals surface area contributed by atoms with Gasteiger partial charge < -0.3 is 11.1 Å². The molecule has 104 valence electrons. The monoisotopic (exact) mass is 266 g/mol. The van der Waals surface area contributed by atoms with Gasteiger partial charge in [0.05, 0.1) is 0 Å². The average molecular weight is 266 g/mol. The van der Waals surface area contributed by atoms with Crippen LogP contribution < -0.4 is 11.1 Å². The minimum absolute atomic E-state index is 0.598. The predicted molar refractivity (Wildman–Crippen MR) is 84.6 cm³/mol. The van der Waals surface area contributed by atoms with Gasteiger partial charge in [0.25, 0.3) is 0 Å². The average Bonchev–Trinajstić information content (AvgIpc) is 2.56. The van der Waals surface area contributed by atoms with Crippen LogP contribution in [0.5, 0.6) is 0 Å². The minimum Gasteiger partial charge on any atom is -0.326 e. The number of hydrogen-bond acceptors (Lipinski definition) is 2. The SMILES string of the molecule is NCc1cccc(-c2ccc(C3CCNCC3)cc2)c1. The molecule has 20 heavy (non-hydrogen) atoms. The molecule has 3 rings (SSSR count). The molecule has 3 N–H and O–H groups in total. The fraction of sp³-hybridized carbons (Fsp3) is 0.333. The van der Waals surface area contributed by atoms with Crippen molar-refractivity contribution < 1.29 is 0 Å². The third-order valence-electron chi connectivity index (χ3n) is 4.22. The van der Waals surface area contributed by atoms with Crippen LogP contribution in [-0.2, 0) is 6.54 Å². The van der Waals surface area contributed by atoms with Gasteiger partial charge in [0.2, 0.25) is 0 Å². The van der Waals surface area contributed by atoms with Crippen molar-refractivity contribution in [2.75, 3.05) is 13.1 Å². The van der Waals surface area contributed by atoms with Crippen molar-refractivity contribution in [3.8, 4) is 11.1 Å². The molecule has 0 spiro atoms. The van der Waals surface area contributed by atoms with Crippen molar-refractivity contribution in [3.63, 3.8) is 0 Å². The summed E-state index contributed by atoms with van der Waals surface area (Å²) in [6.45, 7) is 2.89. The molecule has 0 radical (unpaired) electrons. The highest BCUT2D eigenvalue weighted by Crippen LogP contribution is 2.28. The highest BCUT2D eigenvalue weighted by molar-refractivity contribution is 5.64. The van der Waals surface area contributed by atoms with Gasteiger partial charge >= 0.3 is 0 Å². The Kier molecular flexibility index (Phi) is 4.14. The highest BCUT2D eigenvalue weighted by atomic mass is 14.9. The van der Waals surface area contributed by atoms with Gasteiger partial charge in [-0.3, -0.25) is 0 Å². The molecular formula is C18H22N2. The molecule has 1 fully saturated rings. The molecule has 1 heterocycles. The predicted octanol–water partition coefficient (Wildman–Crippen LogP) is 3.28. The zero-order chi connectivity index (χ0) is 13.8. The van der Waals surface area contributed by atoms with Crippen molar-refractivity contribution in [2.24, 2.45) is 5.73 Å². The van der Waals surface area contributed by atoms with E-state index in [-0.39, 0.29) is 0 Å². The molecule has 0 unspecified atom stereocenters. The van der Waals surface area contributed by atoms with E-state index >= 15 is 0 Å². The minimum atomic E-state index is 0.598. The second kappa shape index (κ2) is 6.21. The van der Waals surface area contributed by atoms with Crippen LogP contribution in [0.15, 0.2) is 48.5 Å². The van der Waals surface area contributed by atoms with Crippen LogP contribution in [0.1, 0.15) is 29.9 Å². The van der Waals surface area contributed by atoms with Crippen LogP contribution >= 0.6 is 0 Å². The van der Waals surface area contributed by atoms with E-state index in [1.165, 1.54) is 35.1 Å². The van der Waals surface area contributed by atoms with Crippen molar-refractivity contribution in [1.82, 2.24) is 5.32 Å². The first kappa shape index (κ1) is 13.3. The van der Waals surface area contributed by atoms with Crippen molar-refractivity contribution in [1.29, 1.82) is 0 Å². The van der Waals surface area contributed by atoms with Crippen molar-refractivity contribution in [2.45, 2.75) is 25.3 Å². The zero-order valence-electron chi connectivity index (χ0n) is 11.8. The number of benzene rings is 2. The molecule has 0 aliphatic carbocycles. The Bertz CT molecular complexity index is 554. The molecule has 2 nitrogen and oxygen atoms in total. The van der Waals surface area contributed by atoms with Crippen molar-refractivity contribution in [3.05, 3.63) is 59.7 Å². The summed E-state index contributed by atoms with van der Waals surface area (Å²) in [5.41, 5.74) is 10.9. The summed E-state index contributed by atoms with van der Waals surface area (Å²) in [5.74, 6) is 0.723. The Morgan fingerprint density at radius 3 is 2.40 bits per heavy atom. The molecule has 2 aromatic rings. The molecule has 1 saturated heterocycles. The van der Waals surface area contributed by atoms with E-state index in [4.69, 9.17) is 5.73 Å². The largest absolute Gasteiger partial charge is 0.326 e. The van der Waals surface area contributed by atoms with E-state index in [1.807, 2.05) is 0 Å². The number of nitrogens with one attached hydrogen (secondary N) is 1. The Hall–Kier alpha value is -1.64. The normalized spacial score (nSPS) is 16.2. The number of piperidine rings is 1. The second-order valence-electron chi connectivity index (χ2n) is 5.55. The van der Waals surface area contributed by atoms with Gasteiger partial charge in [0, 0.05) is 6.54 Å². The van der Waals surface area contributed by atoms with Crippen LogP contribution in [0, 0.1) is 0 Å². The van der Waals surface area contributed by atoms with Crippen LogP contribution in [-0.4, -0.2) is 13.1 Å². The van der Waals surface area contributed by atoms with Gasteiger partial charge in [-0.2, -0.15) is 0 Å². The summed E-state index contributed by atoms with van der Waals surface area (Å²) in [6.07, 6.45) is 2.50. The summed E-state index contributed by atoms with van der Waals surface area (Å²) in [4.78, 5) is 0. The van der Waals surface area contributed by atoms with Gasteiger partial charge in [-0.1, -0.05) is 42.5 Å². The Morgan fingerprint density at radius 1 is 0.950 bits per heavy atom. The van der Waals surface area contributed by atoms with Crippen LogP contribution in [0.3, 0.4) is 0 Å². The van der Waals surface area contributed by atoms with Crippen LogP contribution in [0.4, 0.5) is 0 Å². The summed E-state index contributed by atoms with van der Waals surface area (Å²) < 4.78 is 0. The molecule has 2 aromatic carbocycles. The van der Waals surface area contributed by atoms with Crippen LogP contribution in [0.2, 0.25) is 0 Å². The summed E-state index contributed by atoms with van der Waals surface area (Å²) >= 11 is 0. The molecule has 1 aliphatic heterocycles. The number of rotatable bonds is 3. The lowest BCUT2D eigenvalue weighted by molar-refractivity contribution is 0.460. The molecule has 1 aliphatic rings. The lowest BCUT2D eigenvalue weighted by Gasteiger charge is -2.23. The summed E-state index contributed by atoms with van der Waals surface area (Å²) in [7, 11) is 0. The third-order valence-corrected chi connectivity index (χ3v) is 4.22. The lowest BCUT2D eigenvalue weighted by Crippen LogP contribution is -2.26. The Morgan fingerprint density at radius 2 is 1.70 bits per heavy atom. The van der Waals surface area contributed by atoms with E-state index in [1.54, 1.807) is 0 Å². The summed E-state index contributed by atoms with van der Waals surface area (Å²) in [5, 5.41) is 3.42. The zero-order valence-corrected chi connectivity index (χ0v) is 11.8. The maximum Gasteiger partial charge on any atom is 0.0178 e. The van der Waals surface area contributed by atoms with E-state index in [0.29, 0.717) is 6.54 Å². The van der Waals surface area contributed by atoms with Gasteiger partial charge in [0.1, 0.15) is 0 Å². The van der Waals surface area contributed by atoms with Gasteiger partial charge in [-0.15, -0.1) is 0 Å². The van der Waals surface area contributed by atoms with E-state index < -0.39 is 0 Å². The molecule has 2 heteroatoms. The molecule has 0 saturated carbocycles. The molecule has 0 bridgehead atoms. The number of hydrogen-bond donors (Lipinski definition) is 2. The quantitative estimate of drug-likeness (QED) is 0.894. The topological polar surface area (TPSA) is 38.0 Å². The maximum absolute atomic E-state index is 5.71. The maximum atomic E-state index is 5.71. The lowest BCUT2D eigenvalue weighted by atomic mass is 9.89. The van der Waals surface area contributed by atoms with Gasteiger partial charge in [0.15, 0.2) is 0 Å². The first-order valence-electron chi connectivity index (χ1n) is 7.47. The third kappa shape index (κ3) is 2.92. The first-order valence-corrected chi connectivity index (χ1v) is 7.47. The smallest absolute Gasteiger partial charge is 0.0178 e. The van der Waals surface area contributed by atoms with E-state index in [9.17, 15) is 0 Å². The van der Waals surface area contributed by atoms with Gasteiger partial charge in [-0.25, -0.2) is 0 Å². The van der Waals surface area contributed by atoms with Crippen molar-refractivity contribution >= 4 is 0 Å². The standard InChI is InChI=1S/C18H22N2/c19-13-14-2-1-3-18(12-14)16-6-4-15(5-7-16)17-8-10-20-11-9-17/h1-7,12,17,20H,8-11,13,19H2. The van der Waals surface area contributed by atoms with E-state index in [2.05, 4.69) is 53.8 Å². The van der Waals surface area contributed by atoms with Gasteiger partial charge in [-0.05, 0) is 60.2 Å². The fourth-order valence-electron chi connectivity index (χ4n) is 2.98. The second-order valence-corrected chi connectivity index (χ2v) is 5.55. The molecule has 0 amide bonds. The molecule has 0 atom stereocenters. The highest BCUT2D eigenvalue weighted by Gasteiger charge is 2.14. The van der Waals surface area contributed by atoms with E-state index in [0.717, 1.165) is 19.0 Å². The summed E-state index contributed by atoms with van der Waals surface area (Å²) in [6, 6.07) is 17.6. The Balaban J connectivity index is 1.81. The van der Waals surface area contributed by atoms with Crippen LogP contribution in [0.25, 0.3) is 11.1 Å². The first-order chi connectivity index (χ1) is 9.86. The molecule has 0 aromatic heterocycles.